The predicted molar refractivity (Wildman–Crippen MR) is 63.6 cm³/mol. The van der Waals surface area contributed by atoms with Gasteiger partial charge < -0.3 is 4.90 Å². The molecule has 0 radical (unpaired) electrons. The van der Waals surface area contributed by atoms with E-state index in [1.54, 1.807) is 7.05 Å². The van der Waals surface area contributed by atoms with Crippen LogP contribution >= 0.6 is 0 Å². The van der Waals surface area contributed by atoms with Crippen LogP contribution in [0.4, 0.5) is 8.78 Å². The zero-order chi connectivity index (χ0) is 13.4. The van der Waals surface area contributed by atoms with Crippen molar-refractivity contribution in [2.75, 3.05) is 7.05 Å². The Morgan fingerprint density at radius 1 is 1.28 bits per heavy atom. The van der Waals surface area contributed by atoms with Gasteiger partial charge in [-0.1, -0.05) is 19.9 Å². The van der Waals surface area contributed by atoms with Crippen molar-refractivity contribution in [3.05, 3.63) is 35.4 Å². The van der Waals surface area contributed by atoms with Gasteiger partial charge in [-0.05, 0) is 23.6 Å². The summed E-state index contributed by atoms with van der Waals surface area (Å²) in [6.07, 6.45) is -0.403. The smallest absolute Gasteiger partial charge is 0.241 e. The van der Waals surface area contributed by atoms with Crippen LogP contribution in [0.15, 0.2) is 18.2 Å². The lowest BCUT2D eigenvalue weighted by Gasteiger charge is -2.19. The van der Waals surface area contributed by atoms with Crippen LogP contribution in [-0.2, 0) is 4.79 Å². The highest BCUT2D eigenvalue weighted by atomic mass is 19.2. The van der Waals surface area contributed by atoms with Gasteiger partial charge in [0.25, 0.3) is 0 Å². The van der Waals surface area contributed by atoms with Crippen LogP contribution in [-0.4, -0.2) is 23.9 Å². The van der Waals surface area contributed by atoms with E-state index in [9.17, 15) is 13.6 Å². The van der Waals surface area contributed by atoms with Crippen molar-refractivity contribution in [1.82, 2.24) is 10.2 Å². The second kappa shape index (κ2) is 4.65. The second-order valence-corrected chi connectivity index (χ2v) is 4.91. The molecule has 2 rings (SSSR count). The fourth-order valence-electron chi connectivity index (χ4n) is 2.18. The van der Waals surface area contributed by atoms with Crippen LogP contribution in [0.25, 0.3) is 0 Å². The number of nitrogens with one attached hydrogen (secondary N) is 1. The van der Waals surface area contributed by atoms with Gasteiger partial charge in [-0.3, -0.25) is 10.1 Å². The summed E-state index contributed by atoms with van der Waals surface area (Å²) in [6.45, 7) is 3.88. The van der Waals surface area contributed by atoms with E-state index in [2.05, 4.69) is 5.32 Å². The molecule has 0 saturated carbocycles. The SMILES string of the molecule is CC(C)C1NC(c2ccc(F)c(F)c2)N(C)C1=O. The van der Waals surface area contributed by atoms with Gasteiger partial charge in [-0.2, -0.15) is 0 Å². The molecule has 1 aliphatic heterocycles. The van der Waals surface area contributed by atoms with Crippen LogP contribution in [0.1, 0.15) is 25.6 Å². The van der Waals surface area contributed by atoms with Gasteiger partial charge >= 0.3 is 0 Å². The summed E-state index contributed by atoms with van der Waals surface area (Å²) in [4.78, 5) is 13.5. The van der Waals surface area contributed by atoms with Gasteiger partial charge in [-0.25, -0.2) is 8.78 Å². The minimum atomic E-state index is -0.900. The van der Waals surface area contributed by atoms with Gasteiger partial charge in [0.2, 0.25) is 5.91 Å². The number of hydrogen-bond acceptors (Lipinski definition) is 2. The molecular weight excluding hydrogens is 238 g/mol. The van der Waals surface area contributed by atoms with Crippen molar-refractivity contribution in [1.29, 1.82) is 0 Å². The minimum absolute atomic E-state index is 0.0280. The van der Waals surface area contributed by atoms with Crippen LogP contribution in [0, 0.1) is 17.6 Å². The highest BCUT2D eigenvalue weighted by molar-refractivity contribution is 5.84. The third-order valence-electron chi connectivity index (χ3n) is 3.26. The highest BCUT2D eigenvalue weighted by Crippen LogP contribution is 2.27. The molecule has 1 amide bonds. The Bertz CT molecular complexity index is 476. The van der Waals surface area contributed by atoms with E-state index >= 15 is 0 Å². The van der Waals surface area contributed by atoms with Crippen LogP contribution in [0.5, 0.6) is 0 Å². The molecule has 0 aliphatic carbocycles. The zero-order valence-electron chi connectivity index (χ0n) is 10.6. The van der Waals surface area contributed by atoms with Crippen LogP contribution < -0.4 is 5.32 Å². The standard InChI is InChI=1S/C13H16F2N2O/c1-7(2)11-13(18)17(3)12(16-11)8-4-5-9(14)10(15)6-8/h4-7,11-12,16H,1-3H3. The monoisotopic (exact) mass is 254 g/mol. The Morgan fingerprint density at radius 2 is 1.94 bits per heavy atom. The number of benzene rings is 1. The summed E-state index contributed by atoms with van der Waals surface area (Å²) in [5.41, 5.74) is 0.549. The Morgan fingerprint density at radius 3 is 2.44 bits per heavy atom. The number of hydrogen-bond donors (Lipinski definition) is 1. The predicted octanol–water partition coefficient (Wildman–Crippen LogP) is 2.05. The van der Waals surface area contributed by atoms with Gasteiger partial charge in [-0.15, -0.1) is 0 Å². The molecule has 2 unspecified atom stereocenters. The lowest BCUT2D eigenvalue weighted by Crippen LogP contribution is -2.33. The molecule has 1 saturated heterocycles. The van der Waals surface area contributed by atoms with Crippen LogP contribution in [0.2, 0.25) is 0 Å². The molecule has 1 N–H and O–H groups in total. The number of rotatable bonds is 2. The number of amides is 1. The summed E-state index contributed by atoms with van der Waals surface area (Å²) >= 11 is 0. The van der Waals surface area contributed by atoms with Crippen molar-refractivity contribution in [2.24, 2.45) is 5.92 Å². The second-order valence-electron chi connectivity index (χ2n) is 4.91. The van der Waals surface area contributed by atoms with E-state index in [0.717, 1.165) is 12.1 Å². The van der Waals surface area contributed by atoms with E-state index < -0.39 is 17.8 Å². The van der Waals surface area contributed by atoms with Gasteiger partial charge in [0.05, 0.1) is 6.04 Å². The minimum Gasteiger partial charge on any atom is -0.325 e. The maximum Gasteiger partial charge on any atom is 0.241 e. The first-order valence-electron chi connectivity index (χ1n) is 5.89. The number of nitrogens with zero attached hydrogens (tertiary/aromatic N) is 1. The first kappa shape index (κ1) is 13.0. The van der Waals surface area contributed by atoms with Crippen molar-refractivity contribution >= 4 is 5.91 Å². The lowest BCUT2D eigenvalue weighted by molar-refractivity contribution is -0.129. The van der Waals surface area contributed by atoms with Crippen LogP contribution in [0.3, 0.4) is 0 Å². The molecule has 1 heterocycles. The van der Waals surface area contributed by atoms with Gasteiger partial charge in [0.15, 0.2) is 11.6 Å². The lowest BCUT2D eigenvalue weighted by atomic mass is 10.1. The van der Waals surface area contributed by atoms with E-state index in [1.165, 1.54) is 11.0 Å². The van der Waals surface area contributed by atoms with Crippen molar-refractivity contribution in [3.8, 4) is 0 Å². The average molecular weight is 254 g/mol. The van der Waals surface area contributed by atoms with E-state index in [1.807, 2.05) is 13.8 Å². The summed E-state index contributed by atoms with van der Waals surface area (Å²) in [7, 11) is 1.66. The summed E-state index contributed by atoms with van der Waals surface area (Å²) in [6, 6.07) is 3.41. The quantitative estimate of drug-likeness (QED) is 0.876. The van der Waals surface area contributed by atoms with Crippen molar-refractivity contribution < 1.29 is 13.6 Å². The van der Waals surface area contributed by atoms with Crippen molar-refractivity contribution in [3.63, 3.8) is 0 Å². The Kier molecular flexibility index (Phi) is 3.34. The molecule has 1 fully saturated rings. The van der Waals surface area contributed by atoms with Gasteiger partial charge in [0.1, 0.15) is 6.17 Å². The number of likely N-dealkylation sites (N-methyl/N-ethyl adjacent to an activating group) is 1. The summed E-state index contributed by atoms with van der Waals surface area (Å²) in [5.74, 6) is -1.66. The maximum atomic E-state index is 13.2. The molecule has 0 bridgehead atoms. The first-order valence-corrected chi connectivity index (χ1v) is 5.89. The average Bonchev–Trinajstić information content (AvgIpc) is 2.60. The fraction of sp³-hybridized carbons (Fsp3) is 0.462. The molecule has 2 atom stereocenters. The Hall–Kier alpha value is -1.49. The van der Waals surface area contributed by atoms with E-state index in [4.69, 9.17) is 0 Å². The third-order valence-corrected chi connectivity index (χ3v) is 3.26. The molecule has 3 nitrogen and oxygen atoms in total. The molecule has 18 heavy (non-hydrogen) atoms. The molecular formula is C13H16F2N2O. The summed E-state index contributed by atoms with van der Waals surface area (Å²) in [5, 5.41) is 3.14. The molecule has 0 aromatic heterocycles. The molecule has 0 spiro atoms. The molecule has 1 aromatic rings. The third kappa shape index (κ3) is 2.10. The summed E-state index contributed by atoms with van der Waals surface area (Å²) < 4.78 is 26.1. The topological polar surface area (TPSA) is 32.3 Å². The van der Waals surface area contributed by atoms with Crippen molar-refractivity contribution in [2.45, 2.75) is 26.1 Å². The Labute approximate surface area is 105 Å². The highest BCUT2D eigenvalue weighted by Gasteiger charge is 2.38. The number of halogens is 2. The zero-order valence-corrected chi connectivity index (χ0v) is 10.6. The molecule has 1 aromatic carbocycles. The van der Waals surface area contributed by atoms with E-state index in [0.29, 0.717) is 5.56 Å². The molecule has 5 heteroatoms. The Balaban J connectivity index is 2.29. The number of carbonyl (C=O) groups is 1. The largest absolute Gasteiger partial charge is 0.325 e. The number of carbonyl (C=O) groups excluding carboxylic acids is 1. The first-order chi connectivity index (χ1) is 8.41. The molecule has 98 valence electrons. The fourth-order valence-corrected chi connectivity index (χ4v) is 2.18. The normalized spacial score (nSPS) is 24.1. The molecule has 1 aliphatic rings. The van der Waals surface area contributed by atoms with Gasteiger partial charge in [0, 0.05) is 7.05 Å². The van der Waals surface area contributed by atoms with E-state index in [-0.39, 0.29) is 17.9 Å². The maximum absolute atomic E-state index is 13.2.